The molecule has 0 aliphatic heterocycles. The van der Waals surface area contributed by atoms with Crippen LogP contribution < -0.4 is 10.6 Å². The minimum Gasteiger partial charge on any atom is -0.346 e. The minimum absolute atomic E-state index is 0.0329. The highest BCUT2D eigenvalue weighted by molar-refractivity contribution is 5.96. The molecule has 122 valence electrons. The van der Waals surface area contributed by atoms with Crippen LogP contribution in [0, 0.1) is 5.92 Å². The summed E-state index contributed by atoms with van der Waals surface area (Å²) in [4.78, 5) is 24.4. The summed E-state index contributed by atoms with van der Waals surface area (Å²) < 4.78 is 1.54. The number of aryl methyl sites for hydroxylation is 1. The molecular weight excluding hydrogens is 280 g/mol. The lowest BCUT2D eigenvalue weighted by Crippen LogP contribution is -2.40. The van der Waals surface area contributed by atoms with Gasteiger partial charge in [-0.25, -0.2) is 0 Å². The summed E-state index contributed by atoms with van der Waals surface area (Å²) in [6.45, 7) is 5.75. The summed E-state index contributed by atoms with van der Waals surface area (Å²) in [5.74, 6) is 0.442. The highest BCUT2D eigenvalue weighted by atomic mass is 16.2. The summed E-state index contributed by atoms with van der Waals surface area (Å²) >= 11 is 0. The van der Waals surface area contributed by atoms with Crippen LogP contribution >= 0.6 is 0 Å². The Morgan fingerprint density at radius 1 is 1.23 bits per heavy atom. The maximum atomic E-state index is 12.3. The predicted octanol–water partition coefficient (Wildman–Crippen LogP) is 2.47. The zero-order valence-electron chi connectivity index (χ0n) is 13.9. The molecule has 2 N–H and O–H groups in total. The van der Waals surface area contributed by atoms with Crippen molar-refractivity contribution in [3.05, 3.63) is 11.8 Å². The second-order valence-corrected chi connectivity index (χ2v) is 7.07. The number of nitrogens with zero attached hydrogens (tertiary/aromatic N) is 2. The molecule has 0 atom stereocenters. The lowest BCUT2D eigenvalue weighted by atomic mass is 9.89. The van der Waals surface area contributed by atoms with Gasteiger partial charge in [0.05, 0.1) is 0 Å². The van der Waals surface area contributed by atoms with Crippen molar-refractivity contribution in [2.75, 3.05) is 5.32 Å². The molecule has 0 radical (unpaired) electrons. The van der Waals surface area contributed by atoms with Gasteiger partial charge in [-0.2, -0.15) is 5.10 Å². The molecular formula is C16H26N4O2. The SMILES string of the molecule is Cn1nc(C(=O)NC(C)(C)C)cc1NC(=O)C1CCCCC1. The molecule has 0 spiro atoms. The number of rotatable bonds is 3. The number of hydrogen-bond acceptors (Lipinski definition) is 3. The van der Waals surface area contributed by atoms with E-state index in [1.165, 1.54) is 11.1 Å². The van der Waals surface area contributed by atoms with Gasteiger partial charge in [-0.1, -0.05) is 19.3 Å². The Morgan fingerprint density at radius 2 is 1.86 bits per heavy atom. The largest absolute Gasteiger partial charge is 0.346 e. The topological polar surface area (TPSA) is 76.0 Å². The average Bonchev–Trinajstić information content (AvgIpc) is 2.79. The van der Waals surface area contributed by atoms with E-state index in [4.69, 9.17) is 0 Å². The van der Waals surface area contributed by atoms with Crippen molar-refractivity contribution < 1.29 is 9.59 Å². The van der Waals surface area contributed by atoms with Crippen LogP contribution in [0.3, 0.4) is 0 Å². The zero-order chi connectivity index (χ0) is 16.3. The minimum atomic E-state index is -0.319. The van der Waals surface area contributed by atoms with Crippen molar-refractivity contribution in [1.82, 2.24) is 15.1 Å². The van der Waals surface area contributed by atoms with Crippen LogP contribution in [0.25, 0.3) is 0 Å². The fourth-order valence-electron chi connectivity index (χ4n) is 2.69. The van der Waals surface area contributed by atoms with Gasteiger partial charge in [-0.15, -0.1) is 0 Å². The van der Waals surface area contributed by atoms with E-state index in [0.29, 0.717) is 11.5 Å². The quantitative estimate of drug-likeness (QED) is 0.900. The standard InChI is InChI=1S/C16H26N4O2/c1-16(2,3)18-15(22)12-10-13(20(4)19-12)17-14(21)11-8-6-5-7-9-11/h10-11H,5-9H2,1-4H3,(H,17,21)(H,18,22). The third-order valence-corrected chi connectivity index (χ3v) is 3.83. The molecule has 0 bridgehead atoms. The summed E-state index contributed by atoms with van der Waals surface area (Å²) in [6, 6.07) is 1.63. The van der Waals surface area contributed by atoms with E-state index in [-0.39, 0.29) is 23.3 Å². The van der Waals surface area contributed by atoms with Gasteiger partial charge in [-0.05, 0) is 33.6 Å². The number of anilines is 1. The lowest BCUT2D eigenvalue weighted by Gasteiger charge is -2.20. The Kier molecular flexibility index (Phi) is 4.88. The van der Waals surface area contributed by atoms with E-state index >= 15 is 0 Å². The van der Waals surface area contributed by atoms with Crippen LogP contribution in [-0.4, -0.2) is 27.1 Å². The van der Waals surface area contributed by atoms with Gasteiger partial charge in [0.25, 0.3) is 5.91 Å². The number of aromatic nitrogens is 2. The van der Waals surface area contributed by atoms with Gasteiger partial charge in [0.15, 0.2) is 5.69 Å². The van der Waals surface area contributed by atoms with Gasteiger partial charge in [-0.3, -0.25) is 14.3 Å². The summed E-state index contributed by atoms with van der Waals surface area (Å²) in [7, 11) is 1.73. The first-order chi connectivity index (χ1) is 10.3. The van der Waals surface area contributed by atoms with Crippen LogP contribution in [0.15, 0.2) is 6.07 Å². The van der Waals surface area contributed by atoms with Gasteiger partial charge in [0.1, 0.15) is 5.82 Å². The van der Waals surface area contributed by atoms with Crippen molar-refractivity contribution >= 4 is 17.6 Å². The van der Waals surface area contributed by atoms with Crippen LogP contribution in [-0.2, 0) is 11.8 Å². The number of amides is 2. The van der Waals surface area contributed by atoms with E-state index in [1.807, 2.05) is 20.8 Å². The highest BCUT2D eigenvalue weighted by Crippen LogP contribution is 2.25. The normalized spacial score (nSPS) is 16.4. The van der Waals surface area contributed by atoms with Crippen molar-refractivity contribution in [2.24, 2.45) is 13.0 Å². The Balaban J connectivity index is 2.03. The maximum absolute atomic E-state index is 12.3. The Morgan fingerprint density at radius 3 is 2.45 bits per heavy atom. The molecule has 1 aliphatic carbocycles. The van der Waals surface area contributed by atoms with Crippen LogP contribution in [0.2, 0.25) is 0 Å². The summed E-state index contributed by atoms with van der Waals surface area (Å²) in [6.07, 6.45) is 5.33. The third-order valence-electron chi connectivity index (χ3n) is 3.83. The molecule has 0 unspecified atom stereocenters. The summed E-state index contributed by atoms with van der Waals surface area (Å²) in [5, 5.41) is 9.95. The fourth-order valence-corrected chi connectivity index (χ4v) is 2.69. The Labute approximate surface area is 131 Å². The predicted molar refractivity (Wildman–Crippen MR) is 85.6 cm³/mol. The third kappa shape index (κ3) is 4.32. The number of nitrogens with one attached hydrogen (secondary N) is 2. The van der Waals surface area contributed by atoms with Crippen LogP contribution in [0.4, 0.5) is 5.82 Å². The fraction of sp³-hybridized carbons (Fsp3) is 0.688. The second kappa shape index (κ2) is 6.50. The zero-order valence-corrected chi connectivity index (χ0v) is 13.9. The molecule has 6 heteroatoms. The Hall–Kier alpha value is -1.85. The summed E-state index contributed by atoms with van der Waals surface area (Å²) in [5.41, 5.74) is -0.00325. The number of carbonyl (C=O) groups is 2. The van der Waals surface area contributed by atoms with E-state index < -0.39 is 0 Å². The highest BCUT2D eigenvalue weighted by Gasteiger charge is 2.23. The molecule has 2 amide bonds. The van der Waals surface area contributed by atoms with Crippen molar-refractivity contribution in [3.63, 3.8) is 0 Å². The molecule has 1 fully saturated rings. The molecule has 1 saturated carbocycles. The van der Waals surface area contributed by atoms with E-state index in [2.05, 4.69) is 15.7 Å². The first-order valence-corrected chi connectivity index (χ1v) is 7.94. The van der Waals surface area contributed by atoms with Crippen molar-refractivity contribution in [1.29, 1.82) is 0 Å². The molecule has 6 nitrogen and oxygen atoms in total. The molecule has 0 saturated heterocycles. The second-order valence-electron chi connectivity index (χ2n) is 7.07. The molecule has 1 heterocycles. The van der Waals surface area contributed by atoms with Gasteiger partial charge in [0.2, 0.25) is 5.91 Å². The van der Waals surface area contributed by atoms with E-state index in [9.17, 15) is 9.59 Å². The van der Waals surface area contributed by atoms with Crippen LogP contribution in [0.1, 0.15) is 63.4 Å². The smallest absolute Gasteiger partial charge is 0.272 e. The molecule has 1 aromatic heterocycles. The van der Waals surface area contributed by atoms with Crippen molar-refractivity contribution in [3.8, 4) is 0 Å². The Bertz CT molecular complexity index is 551. The molecule has 1 aliphatic rings. The number of carbonyl (C=O) groups excluding carboxylic acids is 2. The maximum Gasteiger partial charge on any atom is 0.272 e. The van der Waals surface area contributed by atoms with Crippen molar-refractivity contribution in [2.45, 2.75) is 58.4 Å². The average molecular weight is 306 g/mol. The molecule has 22 heavy (non-hydrogen) atoms. The lowest BCUT2D eigenvalue weighted by molar-refractivity contribution is -0.120. The van der Waals surface area contributed by atoms with Crippen LogP contribution in [0.5, 0.6) is 0 Å². The van der Waals surface area contributed by atoms with Gasteiger partial charge >= 0.3 is 0 Å². The van der Waals surface area contributed by atoms with Gasteiger partial charge < -0.3 is 10.6 Å². The first kappa shape index (κ1) is 16.5. The first-order valence-electron chi connectivity index (χ1n) is 7.94. The van der Waals surface area contributed by atoms with E-state index in [0.717, 1.165) is 25.7 Å². The molecule has 2 rings (SSSR count). The number of hydrogen-bond donors (Lipinski definition) is 2. The van der Waals surface area contributed by atoms with Gasteiger partial charge in [0, 0.05) is 24.6 Å². The van der Waals surface area contributed by atoms with E-state index in [1.54, 1.807) is 13.1 Å². The molecule has 0 aromatic carbocycles. The molecule has 1 aromatic rings. The monoisotopic (exact) mass is 306 g/mol.